The van der Waals surface area contributed by atoms with Gasteiger partial charge in [0.15, 0.2) is 0 Å². The molecule has 0 bridgehead atoms. The summed E-state index contributed by atoms with van der Waals surface area (Å²) in [5.41, 5.74) is 0. The van der Waals surface area contributed by atoms with Crippen LogP contribution in [0.3, 0.4) is 0 Å². The summed E-state index contributed by atoms with van der Waals surface area (Å²) in [4.78, 5) is 9.75. The maximum absolute atomic E-state index is 9.75. The molecule has 0 atom stereocenters. The SMILES string of the molecule is O=CBNCCOCCO. The summed E-state index contributed by atoms with van der Waals surface area (Å²) in [5, 5.41) is 11.1. The highest BCUT2D eigenvalue weighted by atomic mass is 16.5. The Balaban J connectivity index is 2.70. The predicted octanol–water partition coefficient (Wildman–Crippen LogP) is -1.87. The van der Waals surface area contributed by atoms with Gasteiger partial charge in [0.25, 0.3) is 7.41 Å². The maximum Gasteiger partial charge on any atom is 0.278 e. The van der Waals surface area contributed by atoms with Crippen molar-refractivity contribution in [1.29, 1.82) is 0 Å². The molecule has 0 aliphatic heterocycles. The molecule has 0 saturated carbocycles. The molecular formula is C5H12BNO3. The van der Waals surface area contributed by atoms with Gasteiger partial charge >= 0.3 is 0 Å². The highest BCUT2D eigenvalue weighted by molar-refractivity contribution is 6.64. The van der Waals surface area contributed by atoms with Crippen LogP contribution in [0.5, 0.6) is 0 Å². The minimum absolute atomic E-state index is 0.0493. The van der Waals surface area contributed by atoms with Crippen molar-refractivity contribution in [3.63, 3.8) is 0 Å². The standard InChI is InChI=1S/C5H12BNO3/c8-2-4-10-3-1-7-6-5-9/h5-8H,1-4H2. The molecule has 0 aliphatic rings. The van der Waals surface area contributed by atoms with Crippen molar-refractivity contribution in [3.05, 3.63) is 0 Å². The quantitative estimate of drug-likeness (QED) is 0.250. The Kier molecular flexibility index (Phi) is 8.28. The summed E-state index contributed by atoms with van der Waals surface area (Å²) in [7, 11) is 0.364. The Morgan fingerprint density at radius 3 is 3.00 bits per heavy atom. The zero-order valence-electron chi connectivity index (χ0n) is 5.88. The lowest BCUT2D eigenvalue weighted by Gasteiger charge is -2.00. The Bertz CT molecular complexity index is 81.3. The van der Waals surface area contributed by atoms with E-state index in [0.29, 0.717) is 27.2 Å². The number of carbonyl (C=O) groups is 1. The molecule has 0 aromatic carbocycles. The fourth-order valence-corrected chi connectivity index (χ4v) is 0.472. The molecule has 0 saturated heterocycles. The van der Waals surface area contributed by atoms with E-state index in [4.69, 9.17) is 9.84 Å². The van der Waals surface area contributed by atoms with Crippen molar-refractivity contribution in [3.8, 4) is 0 Å². The molecule has 2 N–H and O–H groups in total. The topological polar surface area (TPSA) is 58.6 Å². The van der Waals surface area contributed by atoms with E-state index in [1.54, 1.807) is 0 Å². The van der Waals surface area contributed by atoms with Crippen LogP contribution in [0.1, 0.15) is 0 Å². The van der Waals surface area contributed by atoms with Crippen LogP contribution < -0.4 is 5.23 Å². The van der Waals surface area contributed by atoms with Crippen molar-refractivity contribution in [1.82, 2.24) is 5.23 Å². The van der Waals surface area contributed by atoms with Gasteiger partial charge in [0.05, 0.1) is 26.0 Å². The van der Waals surface area contributed by atoms with Gasteiger partial charge in [-0.3, -0.25) is 0 Å². The van der Waals surface area contributed by atoms with Gasteiger partial charge < -0.3 is 19.9 Å². The molecule has 4 nitrogen and oxygen atoms in total. The van der Waals surface area contributed by atoms with E-state index in [1.165, 1.54) is 0 Å². The average molecular weight is 145 g/mol. The van der Waals surface area contributed by atoms with Crippen molar-refractivity contribution in [2.75, 3.05) is 26.4 Å². The van der Waals surface area contributed by atoms with E-state index < -0.39 is 0 Å². The lowest BCUT2D eigenvalue weighted by molar-refractivity contribution is 0.0961. The summed E-state index contributed by atoms with van der Waals surface area (Å²) in [6, 6.07) is 0. The fraction of sp³-hybridized carbons (Fsp3) is 0.800. The van der Waals surface area contributed by atoms with E-state index in [0.717, 1.165) is 6.19 Å². The van der Waals surface area contributed by atoms with Gasteiger partial charge in [0, 0.05) is 6.54 Å². The van der Waals surface area contributed by atoms with Crippen LogP contribution in [0.15, 0.2) is 0 Å². The van der Waals surface area contributed by atoms with Crippen molar-refractivity contribution in [2.24, 2.45) is 0 Å². The van der Waals surface area contributed by atoms with Gasteiger partial charge in [-0.25, -0.2) is 0 Å². The molecule has 58 valence electrons. The van der Waals surface area contributed by atoms with Crippen molar-refractivity contribution < 1.29 is 14.6 Å². The van der Waals surface area contributed by atoms with E-state index in [9.17, 15) is 4.79 Å². The Hall–Kier alpha value is -0.385. The third-order valence-electron chi connectivity index (χ3n) is 0.886. The molecule has 0 radical (unpaired) electrons. The summed E-state index contributed by atoms with van der Waals surface area (Å²) >= 11 is 0. The number of hydrogen-bond acceptors (Lipinski definition) is 4. The monoisotopic (exact) mass is 145 g/mol. The highest BCUT2D eigenvalue weighted by Crippen LogP contribution is 1.69. The van der Waals surface area contributed by atoms with E-state index >= 15 is 0 Å². The van der Waals surface area contributed by atoms with Crippen LogP contribution in [0.4, 0.5) is 0 Å². The lowest BCUT2D eigenvalue weighted by Crippen LogP contribution is -2.25. The number of aliphatic hydroxyl groups excluding tert-OH is 1. The van der Waals surface area contributed by atoms with Crippen LogP contribution in [0.2, 0.25) is 0 Å². The number of ether oxygens (including phenoxy) is 1. The molecule has 0 aromatic rings. The van der Waals surface area contributed by atoms with E-state index in [1.807, 2.05) is 0 Å². The predicted molar refractivity (Wildman–Crippen MR) is 39.8 cm³/mol. The Morgan fingerprint density at radius 1 is 1.60 bits per heavy atom. The van der Waals surface area contributed by atoms with E-state index in [-0.39, 0.29) is 6.61 Å². The third-order valence-corrected chi connectivity index (χ3v) is 0.886. The molecule has 0 aliphatic carbocycles. The van der Waals surface area contributed by atoms with Gasteiger partial charge in [0.2, 0.25) is 0 Å². The van der Waals surface area contributed by atoms with Crippen LogP contribution in [-0.4, -0.2) is 45.1 Å². The van der Waals surface area contributed by atoms with Crippen LogP contribution in [0, 0.1) is 0 Å². The zero-order chi connectivity index (χ0) is 7.66. The van der Waals surface area contributed by atoms with Crippen LogP contribution in [-0.2, 0) is 9.53 Å². The molecule has 0 amide bonds. The molecule has 0 fully saturated rings. The number of nitrogens with one attached hydrogen (secondary N) is 1. The minimum Gasteiger partial charge on any atom is -0.394 e. The second-order valence-corrected chi connectivity index (χ2v) is 1.71. The van der Waals surface area contributed by atoms with Gasteiger partial charge in [0.1, 0.15) is 0 Å². The smallest absolute Gasteiger partial charge is 0.278 e. The largest absolute Gasteiger partial charge is 0.394 e. The first-order valence-electron chi connectivity index (χ1n) is 3.24. The summed E-state index contributed by atoms with van der Waals surface area (Å²) < 4.78 is 4.90. The van der Waals surface area contributed by atoms with Crippen LogP contribution in [0.25, 0.3) is 0 Å². The highest BCUT2D eigenvalue weighted by Gasteiger charge is 1.87. The van der Waals surface area contributed by atoms with Crippen LogP contribution >= 0.6 is 0 Å². The minimum atomic E-state index is 0.0493. The normalized spacial score (nSPS) is 9.30. The fourth-order valence-electron chi connectivity index (χ4n) is 0.472. The van der Waals surface area contributed by atoms with Gasteiger partial charge in [-0.15, -0.1) is 0 Å². The van der Waals surface area contributed by atoms with Crippen molar-refractivity contribution in [2.45, 2.75) is 0 Å². The molecule has 0 rings (SSSR count). The first-order chi connectivity index (χ1) is 4.91. The average Bonchev–Trinajstić information content (AvgIpc) is 1.97. The zero-order valence-corrected chi connectivity index (χ0v) is 5.88. The van der Waals surface area contributed by atoms with Gasteiger partial charge in [-0.1, -0.05) is 0 Å². The first kappa shape index (κ1) is 9.61. The summed E-state index contributed by atoms with van der Waals surface area (Å²) in [6.45, 7) is 1.60. The Morgan fingerprint density at radius 2 is 2.40 bits per heavy atom. The lowest BCUT2D eigenvalue weighted by atomic mass is 9.99. The number of rotatable bonds is 7. The van der Waals surface area contributed by atoms with Crippen molar-refractivity contribution >= 4 is 13.6 Å². The molecule has 0 aromatic heterocycles. The molecule has 5 heteroatoms. The molecule has 0 heterocycles. The summed E-state index contributed by atoms with van der Waals surface area (Å²) in [5.74, 6) is 0. The third kappa shape index (κ3) is 7.61. The number of hydrogen-bond donors (Lipinski definition) is 2. The second-order valence-electron chi connectivity index (χ2n) is 1.71. The molecule has 0 unspecified atom stereocenters. The number of carbonyl (C=O) groups excluding carboxylic acids is 1. The first-order valence-corrected chi connectivity index (χ1v) is 3.24. The molecule has 10 heavy (non-hydrogen) atoms. The second kappa shape index (κ2) is 8.61. The van der Waals surface area contributed by atoms with E-state index in [2.05, 4.69) is 5.23 Å². The number of aliphatic hydroxyl groups is 1. The van der Waals surface area contributed by atoms with Gasteiger partial charge in [-0.05, 0) is 0 Å². The maximum atomic E-state index is 9.75. The molecule has 0 spiro atoms. The van der Waals surface area contributed by atoms with Gasteiger partial charge in [-0.2, -0.15) is 0 Å². The molecular weight excluding hydrogens is 133 g/mol. The Labute approximate surface area is 60.8 Å². The summed E-state index contributed by atoms with van der Waals surface area (Å²) in [6.07, 6.45) is 0.798.